The molecule has 9 rings (SSSR count). The Balaban J connectivity index is 1.23. The summed E-state index contributed by atoms with van der Waals surface area (Å²) in [6.45, 7) is 4.68. The highest BCUT2D eigenvalue weighted by molar-refractivity contribution is 5.95. The van der Waals surface area contributed by atoms with Crippen molar-refractivity contribution in [3.05, 3.63) is 131 Å². The second-order valence-corrected chi connectivity index (χ2v) is 15.1. The van der Waals surface area contributed by atoms with Gasteiger partial charge in [0, 0.05) is 94.9 Å². The Bertz CT molecular complexity index is 2070. The van der Waals surface area contributed by atoms with Crippen molar-refractivity contribution in [2.45, 2.75) is 57.2 Å². The molecule has 5 aliphatic rings. The first-order chi connectivity index (χ1) is 28.6. The fourth-order valence-electron chi connectivity index (χ4n) is 7.10. The van der Waals surface area contributed by atoms with Crippen molar-refractivity contribution < 1.29 is 24.0 Å². The molecule has 5 amide bonds. The average molecular weight is 800 g/mol. The number of amidine groups is 1. The zero-order valence-corrected chi connectivity index (χ0v) is 33.2. The first-order valence-electron chi connectivity index (χ1n) is 20.1. The molecule has 14 nitrogen and oxygen atoms in total. The van der Waals surface area contributed by atoms with Crippen LogP contribution in [-0.4, -0.2) is 96.5 Å². The molecule has 14 heteroatoms. The van der Waals surface area contributed by atoms with E-state index in [2.05, 4.69) is 36.4 Å². The molecule has 4 aromatic rings. The summed E-state index contributed by atoms with van der Waals surface area (Å²) in [5, 5.41) is 22.4. The standard InChI is InChI=1S/C45H53N9O5/c46-43(47)35-13-6-34(7-14-35)30-48-44(58)38-28-32-8-15-36(16-9-32)49-41(56)20-22-53-24-26-54(27-25-53)23-21-42(57)50-37-17-10-33(11-18-37)29-39(45(59)52-38)51-40(55)19-12-31-4-2-1-3-5-31/h1-11,13-18,38-39H,12,19-30H2,(H3,46,47)(H,48,58)(H,49,56)(H,50,57)(H,51,55)(H,52,59)/t38-,39+/m0/s1. The second-order valence-electron chi connectivity index (χ2n) is 15.1. The molecule has 0 unspecified atom stereocenters. The number of anilines is 2. The maximum absolute atomic E-state index is 14.2. The number of rotatable bonds is 8. The van der Waals surface area contributed by atoms with Gasteiger partial charge in [-0.15, -0.1) is 0 Å². The largest absolute Gasteiger partial charge is 0.384 e. The van der Waals surface area contributed by atoms with Crippen molar-refractivity contribution >= 4 is 46.7 Å². The van der Waals surface area contributed by atoms with Gasteiger partial charge in [0.25, 0.3) is 0 Å². The van der Waals surface area contributed by atoms with Gasteiger partial charge in [0.15, 0.2) is 0 Å². The first-order valence-corrected chi connectivity index (χ1v) is 20.1. The zero-order chi connectivity index (χ0) is 41.6. The number of amides is 5. The molecule has 1 saturated heterocycles. The molecule has 4 aromatic carbocycles. The summed E-state index contributed by atoms with van der Waals surface area (Å²) in [6.07, 6.45) is 1.57. The van der Waals surface area contributed by atoms with E-state index in [1.165, 1.54) is 0 Å². The molecule has 5 aliphatic heterocycles. The average Bonchev–Trinajstić information content (AvgIpc) is 3.24. The SMILES string of the molecule is N=C(N)c1ccc(CNC(=O)[C@@H]2Cc3ccc(cc3)NC(=O)CCN3CCN(CCC(=O)Nc4ccc(cc4)C[C@@H](NC(=O)CCc4ccccc4)C(=O)N2)CC3)cc1. The fourth-order valence-corrected chi connectivity index (χ4v) is 7.10. The van der Waals surface area contributed by atoms with E-state index < -0.39 is 23.9 Å². The number of nitrogens with zero attached hydrogens (tertiary/aromatic N) is 2. The summed E-state index contributed by atoms with van der Waals surface area (Å²) in [5.74, 6) is -1.56. The van der Waals surface area contributed by atoms with Gasteiger partial charge in [-0.1, -0.05) is 78.9 Å². The quantitative estimate of drug-likeness (QED) is 0.104. The molecule has 2 atom stereocenters. The van der Waals surface area contributed by atoms with Gasteiger partial charge in [-0.3, -0.25) is 29.4 Å². The second kappa shape index (κ2) is 20.9. The minimum absolute atomic E-state index is 0.0626. The van der Waals surface area contributed by atoms with Crippen LogP contribution < -0.4 is 32.3 Å². The lowest BCUT2D eigenvalue weighted by Gasteiger charge is -2.34. The number of hydrogen-bond acceptors (Lipinski definition) is 8. The lowest BCUT2D eigenvalue weighted by atomic mass is 10.0. The Labute approximate surface area is 344 Å². The highest BCUT2D eigenvalue weighted by Gasteiger charge is 2.28. The van der Waals surface area contributed by atoms with E-state index in [1.807, 2.05) is 54.6 Å². The molecule has 8 N–H and O–H groups in total. The third-order valence-electron chi connectivity index (χ3n) is 10.6. The number of hydrogen-bond donors (Lipinski definition) is 7. The van der Waals surface area contributed by atoms with Gasteiger partial charge in [0.2, 0.25) is 29.5 Å². The molecule has 59 heavy (non-hydrogen) atoms. The number of benzene rings is 4. The third kappa shape index (κ3) is 13.3. The van der Waals surface area contributed by atoms with Gasteiger partial charge in [-0.2, -0.15) is 0 Å². The number of nitrogens with two attached hydrogens (primary N) is 1. The van der Waals surface area contributed by atoms with E-state index in [4.69, 9.17) is 11.1 Å². The first kappa shape index (κ1) is 42.2. The molecule has 308 valence electrons. The van der Waals surface area contributed by atoms with Crippen LogP contribution in [0.25, 0.3) is 0 Å². The predicted octanol–water partition coefficient (Wildman–Crippen LogP) is 2.96. The summed E-state index contributed by atoms with van der Waals surface area (Å²) in [4.78, 5) is 71.8. The Hall–Kier alpha value is -6.38. The van der Waals surface area contributed by atoms with Crippen molar-refractivity contribution in [1.82, 2.24) is 25.8 Å². The van der Waals surface area contributed by atoms with E-state index in [0.29, 0.717) is 49.3 Å². The van der Waals surface area contributed by atoms with Gasteiger partial charge in [0.1, 0.15) is 17.9 Å². The number of nitrogens with one attached hydrogen (secondary N) is 6. The van der Waals surface area contributed by atoms with Gasteiger partial charge in [0.05, 0.1) is 0 Å². The number of nitrogen functional groups attached to an aromatic ring is 1. The summed E-state index contributed by atoms with van der Waals surface area (Å²) in [5.41, 5.74) is 10.7. The highest BCUT2D eigenvalue weighted by atomic mass is 16.2. The number of carbonyl (C=O) groups excluding carboxylic acids is 5. The van der Waals surface area contributed by atoms with Crippen LogP contribution in [0.4, 0.5) is 11.4 Å². The van der Waals surface area contributed by atoms with Crippen molar-refractivity contribution in [3.8, 4) is 0 Å². The van der Waals surface area contributed by atoms with Crippen LogP contribution in [0.15, 0.2) is 103 Å². The molecular formula is C45H53N9O5. The predicted molar refractivity (Wildman–Crippen MR) is 228 cm³/mol. The molecule has 0 aromatic heterocycles. The van der Waals surface area contributed by atoms with E-state index in [0.717, 1.165) is 48.4 Å². The molecule has 6 bridgehead atoms. The Morgan fingerprint density at radius 1 is 0.678 bits per heavy atom. The van der Waals surface area contributed by atoms with Crippen molar-refractivity contribution in [3.63, 3.8) is 0 Å². The van der Waals surface area contributed by atoms with Crippen molar-refractivity contribution in [2.24, 2.45) is 5.73 Å². The lowest BCUT2D eigenvalue weighted by Crippen LogP contribution is -2.55. The molecule has 0 radical (unpaired) electrons. The molecule has 0 spiro atoms. The summed E-state index contributed by atoms with van der Waals surface area (Å²) in [6, 6.07) is 28.9. The fraction of sp³-hybridized carbons (Fsp3) is 0.333. The van der Waals surface area contributed by atoms with E-state index in [1.54, 1.807) is 48.5 Å². The Morgan fingerprint density at radius 3 is 1.76 bits per heavy atom. The van der Waals surface area contributed by atoms with Crippen LogP contribution in [0.5, 0.6) is 0 Å². The van der Waals surface area contributed by atoms with Crippen LogP contribution >= 0.6 is 0 Å². The van der Waals surface area contributed by atoms with Gasteiger partial charge in [-0.25, -0.2) is 0 Å². The molecule has 0 saturated carbocycles. The smallest absolute Gasteiger partial charge is 0.243 e. The lowest BCUT2D eigenvalue weighted by molar-refractivity contribution is -0.132. The van der Waals surface area contributed by atoms with Crippen molar-refractivity contribution in [1.29, 1.82) is 5.41 Å². The van der Waals surface area contributed by atoms with Crippen LogP contribution in [0.2, 0.25) is 0 Å². The Kier molecular flexibility index (Phi) is 14.9. The minimum atomic E-state index is -1.03. The normalized spacial score (nSPS) is 20.5. The minimum Gasteiger partial charge on any atom is -0.384 e. The monoisotopic (exact) mass is 799 g/mol. The number of piperazine rings is 1. The van der Waals surface area contributed by atoms with Gasteiger partial charge in [-0.05, 0) is 52.9 Å². The zero-order valence-electron chi connectivity index (χ0n) is 33.2. The summed E-state index contributed by atoms with van der Waals surface area (Å²) < 4.78 is 0. The van der Waals surface area contributed by atoms with Crippen LogP contribution in [0.3, 0.4) is 0 Å². The third-order valence-corrected chi connectivity index (χ3v) is 10.6. The molecule has 1 fully saturated rings. The molecule has 0 aliphatic carbocycles. The van der Waals surface area contributed by atoms with Crippen LogP contribution in [-0.2, 0) is 49.8 Å². The maximum atomic E-state index is 14.2. The number of aryl methyl sites for hydroxylation is 1. The topological polar surface area (TPSA) is 202 Å². The summed E-state index contributed by atoms with van der Waals surface area (Å²) in [7, 11) is 0. The molecule has 5 heterocycles. The number of carbonyl (C=O) groups is 5. The van der Waals surface area contributed by atoms with Gasteiger partial charge < -0.3 is 42.1 Å². The summed E-state index contributed by atoms with van der Waals surface area (Å²) >= 11 is 0. The maximum Gasteiger partial charge on any atom is 0.243 e. The Morgan fingerprint density at radius 2 is 1.22 bits per heavy atom. The number of fused-ring (bicyclic) bond motifs is 3. The van der Waals surface area contributed by atoms with E-state index in [-0.39, 0.29) is 49.4 Å². The van der Waals surface area contributed by atoms with E-state index in [9.17, 15) is 24.0 Å². The van der Waals surface area contributed by atoms with Crippen molar-refractivity contribution in [2.75, 3.05) is 49.9 Å². The highest BCUT2D eigenvalue weighted by Crippen LogP contribution is 2.16. The molecular weight excluding hydrogens is 747 g/mol. The van der Waals surface area contributed by atoms with Gasteiger partial charge >= 0.3 is 0 Å². The van der Waals surface area contributed by atoms with E-state index >= 15 is 0 Å². The van der Waals surface area contributed by atoms with Crippen LogP contribution in [0.1, 0.15) is 47.1 Å². The van der Waals surface area contributed by atoms with Crippen LogP contribution in [0, 0.1) is 5.41 Å².